The van der Waals surface area contributed by atoms with Crippen molar-refractivity contribution in [2.75, 3.05) is 36.5 Å². The third kappa shape index (κ3) is 3.05. The van der Waals surface area contributed by atoms with Crippen LogP contribution in [0, 0.1) is 5.92 Å². The lowest BCUT2D eigenvalue weighted by molar-refractivity contribution is -0.129. The van der Waals surface area contributed by atoms with Crippen molar-refractivity contribution in [3.63, 3.8) is 0 Å². The molecule has 2 aromatic rings. The number of carbonyl (C=O) groups excluding carboxylic acids is 2. The smallest absolute Gasteiger partial charge is 0.232 e. The Kier molecular flexibility index (Phi) is 4.36. The Hall–Kier alpha value is -2.47. The predicted octanol–water partition coefficient (Wildman–Crippen LogP) is 2.76. The Bertz CT molecular complexity index is 837. The van der Waals surface area contributed by atoms with Crippen LogP contribution in [0.2, 0.25) is 5.02 Å². The molecule has 1 atom stereocenters. The maximum Gasteiger partial charge on any atom is 0.232 e. The molecule has 0 aliphatic carbocycles. The van der Waals surface area contributed by atoms with Crippen LogP contribution >= 0.6 is 11.6 Å². The van der Waals surface area contributed by atoms with Gasteiger partial charge in [-0.15, -0.1) is 0 Å². The molecule has 7 heteroatoms. The van der Waals surface area contributed by atoms with Gasteiger partial charge in [-0.2, -0.15) is 0 Å². The number of amides is 2. The topological polar surface area (TPSA) is 57.0 Å². The van der Waals surface area contributed by atoms with Crippen LogP contribution in [0.25, 0.3) is 0 Å². The standard InChI is InChI=1S/C19H20ClN3O3/c1-21-6-7-23(17-10-14(20)4-5-16(17)21)19(25)13-9-18(24)22(11-13)12-15-3-2-8-26-15/h2-5,8,10,13H,6-7,9,11-12H2,1H3. The molecule has 1 unspecified atom stereocenters. The number of likely N-dealkylation sites (tertiary alicyclic amines) is 1. The Balaban J connectivity index is 1.53. The third-order valence-corrected chi connectivity index (χ3v) is 5.29. The Morgan fingerprint density at radius 2 is 2.12 bits per heavy atom. The third-order valence-electron chi connectivity index (χ3n) is 5.06. The molecule has 2 aliphatic heterocycles. The lowest BCUT2D eigenvalue weighted by atomic mass is 10.0. The SMILES string of the molecule is CN1CCN(C(=O)C2CC(=O)N(Cc3ccco3)C2)c2cc(Cl)ccc21. The fourth-order valence-corrected chi connectivity index (χ4v) is 3.82. The van der Waals surface area contributed by atoms with Crippen LogP contribution in [-0.2, 0) is 16.1 Å². The fourth-order valence-electron chi connectivity index (χ4n) is 3.66. The molecule has 3 heterocycles. The number of rotatable bonds is 3. The second-order valence-corrected chi connectivity index (χ2v) is 7.24. The van der Waals surface area contributed by atoms with Gasteiger partial charge in [0.1, 0.15) is 5.76 Å². The number of anilines is 2. The van der Waals surface area contributed by atoms with Crippen molar-refractivity contribution in [2.45, 2.75) is 13.0 Å². The Morgan fingerprint density at radius 3 is 2.88 bits per heavy atom. The molecule has 0 bridgehead atoms. The van der Waals surface area contributed by atoms with E-state index in [1.54, 1.807) is 22.1 Å². The van der Waals surface area contributed by atoms with E-state index in [2.05, 4.69) is 4.90 Å². The number of nitrogens with zero attached hydrogens (tertiary/aromatic N) is 3. The second-order valence-electron chi connectivity index (χ2n) is 6.80. The minimum atomic E-state index is -0.340. The Morgan fingerprint density at radius 1 is 1.27 bits per heavy atom. The first-order valence-corrected chi connectivity index (χ1v) is 9.03. The molecule has 2 amide bonds. The maximum absolute atomic E-state index is 13.1. The highest BCUT2D eigenvalue weighted by Gasteiger charge is 2.38. The van der Waals surface area contributed by atoms with Crippen LogP contribution in [0.15, 0.2) is 41.0 Å². The summed E-state index contributed by atoms with van der Waals surface area (Å²) in [5, 5.41) is 0.596. The Labute approximate surface area is 156 Å². The first kappa shape index (κ1) is 17.0. The summed E-state index contributed by atoms with van der Waals surface area (Å²) < 4.78 is 5.32. The second kappa shape index (κ2) is 6.68. The highest BCUT2D eigenvalue weighted by molar-refractivity contribution is 6.31. The van der Waals surface area contributed by atoms with E-state index in [1.807, 2.05) is 31.3 Å². The lowest BCUT2D eigenvalue weighted by Gasteiger charge is -2.36. The monoisotopic (exact) mass is 373 g/mol. The van der Waals surface area contributed by atoms with Gasteiger partial charge in [0, 0.05) is 38.1 Å². The average molecular weight is 374 g/mol. The molecule has 0 saturated carbocycles. The summed E-state index contributed by atoms with van der Waals surface area (Å²) in [4.78, 5) is 31.0. The van der Waals surface area contributed by atoms with Crippen LogP contribution in [0.5, 0.6) is 0 Å². The van der Waals surface area contributed by atoms with Crippen LogP contribution < -0.4 is 9.80 Å². The van der Waals surface area contributed by atoms with Crippen molar-refractivity contribution in [2.24, 2.45) is 5.92 Å². The number of hydrogen-bond donors (Lipinski definition) is 0. The molecule has 0 radical (unpaired) electrons. The number of hydrogen-bond acceptors (Lipinski definition) is 4. The normalized spacial score (nSPS) is 19.8. The zero-order valence-corrected chi connectivity index (χ0v) is 15.3. The number of likely N-dealkylation sites (N-methyl/N-ethyl adjacent to an activating group) is 1. The van der Waals surface area contributed by atoms with Gasteiger partial charge in [-0.05, 0) is 30.3 Å². The summed E-state index contributed by atoms with van der Waals surface area (Å²) >= 11 is 6.15. The van der Waals surface area contributed by atoms with Crippen molar-refractivity contribution in [3.8, 4) is 0 Å². The van der Waals surface area contributed by atoms with E-state index >= 15 is 0 Å². The molecule has 0 spiro atoms. The van der Waals surface area contributed by atoms with Gasteiger partial charge in [0.2, 0.25) is 11.8 Å². The number of benzene rings is 1. The van der Waals surface area contributed by atoms with Gasteiger partial charge in [-0.1, -0.05) is 11.6 Å². The van der Waals surface area contributed by atoms with Gasteiger partial charge in [0.05, 0.1) is 30.1 Å². The van der Waals surface area contributed by atoms with Gasteiger partial charge in [0.25, 0.3) is 0 Å². The van der Waals surface area contributed by atoms with Crippen molar-refractivity contribution in [3.05, 3.63) is 47.4 Å². The van der Waals surface area contributed by atoms with E-state index in [0.29, 0.717) is 24.7 Å². The quantitative estimate of drug-likeness (QED) is 0.830. The fraction of sp³-hybridized carbons (Fsp3) is 0.368. The molecule has 1 saturated heterocycles. The van der Waals surface area contributed by atoms with E-state index in [4.69, 9.17) is 16.0 Å². The van der Waals surface area contributed by atoms with Crippen molar-refractivity contribution >= 4 is 34.8 Å². The molecule has 1 aromatic carbocycles. The molecule has 26 heavy (non-hydrogen) atoms. The molecular formula is C19H20ClN3O3. The summed E-state index contributed by atoms with van der Waals surface area (Å²) in [5.74, 6) is 0.355. The molecule has 136 valence electrons. The van der Waals surface area contributed by atoms with Gasteiger partial charge in [-0.25, -0.2) is 0 Å². The molecule has 2 aliphatic rings. The van der Waals surface area contributed by atoms with Crippen molar-refractivity contribution < 1.29 is 14.0 Å². The van der Waals surface area contributed by atoms with E-state index in [9.17, 15) is 9.59 Å². The number of halogens is 1. The average Bonchev–Trinajstić information content (AvgIpc) is 3.25. The highest BCUT2D eigenvalue weighted by Crippen LogP contribution is 2.36. The van der Waals surface area contributed by atoms with Crippen molar-refractivity contribution in [1.82, 2.24) is 4.90 Å². The van der Waals surface area contributed by atoms with Gasteiger partial charge in [0.15, 0.2) is 0 Å². The summed E-state index contributed by atoms with van der Waals surface area (Å²) in [6, 6.07) is 9.21. The maximum atomic E-state index is 13.1. The molecule has 4 rings (SSSR count). The molecular weight excluding hydrogens is 354 g/mol. The van der Waals surface area contributed by atoms with Crippen LogP contribution in [0.4, 0.5) is 11.4 Å². The highest BCUT2D eigenvalue weighted by atomic mass is 35.5. The van der Waals surface area contributed by atoms with E-state index < -0.39 is 0 Å². The first-order valence-electron chi connectivity index (χ1n) is 8.65. The number of furan rings is 1. The summed E-state index contributed by atoms with van der Waals surface area (Å²) in [6.45, 7) is 2.16. The number of carbonyl (C=O) groups is 2. The zero-order chi connectivity index (χ0) is 18.3. The molecule has 1 aromatic heterocycles. The van der Waals surface area contributed by atoms with Crippen molar-refractivity contribution in [1.29, 1.82) is 0 Å². The lowest BCUT2D eigenvalue weighted by Crippen LogP contribution is -2.45. The van der Waals surface area contributed by atoms with Crippen LogP contribution in [0.3, 0.4) is 0 Å². The van der Waals surface area contributed by atoms with Gasteiger partial charge >= 0.3 is 0 Å². The van der Waals surface area contributed by atoms with Gasteiger partial charge < -0.3 is 19.1 Å². The summed E-state index contributed by atoms with van der Waals surface area (Å²) in [7, 11) is 2.00. The largest absolute Gasteiger partial charge is 0.467 e. The van der Waals surface area contributed by atoms with E-state index in [-0.39, 0.29) is 24.2 Å². The minimum Gasteiger partial charge on any atom is -0.467 e. The van der Waals surface area contributed by atoms with Gasteiger partial charge in [-0.3, -0.25) is 9.59 Å². The summed E-state index contributed by atoms with van der Waals surface area (Å²) in [6.07, 6.45) is 1.82. The minimum absolute atomic E-state index is 0.0137. The van der Waals surface area contributed by atoms with Crippen LogP contribution in [-0.4, -0.2) is 43.4 Å². The molecule has 1 fully saturated rings. The number of fused-ring (bicyclic) bond motifs is 1. The van der Waals surface area contributed by atoms with Crippen LogP contribution in [0.1, 0.15) is 12.2 Å². The molecule has 0 N–H and O–H groups in total. The molecule has 6 nitrogen and oxygen atoms in total. The zero-order valence-electron chi connectivity index (χ0n) is 14.5. The summed E-state index contributed by atoms with van der Waals surface area (Å²) in [5.41, 5.74) is 1.79. The van der Waals surface area contributed by atoms with E-state index in [1.165, 1.54) is 0 Å². The first-order chi connectivity index (χ1) is 12.5. The van der Waals surface area contributed by atoms with E-state index in [0.717, 1.165) is 23.7 Å². The predicted molar refractivity (Wildman–Crippen MR) is 99.3 cm³/mol.